The Kier molecular flexibility index (Phi) is 4.10. The summed E-state index contributed by atoms with van der Waals surface area (Å²) in [5, 5.41) is 19.7. The minimum absolute atomic E-state index is 0.0545. The molecule has 1 saturated heterocycles. The van der Waals surface area contributed by atoms with Crippen molar-refractivity contribution in [1.29, 1.82) is 0 Å². The highest BCUT2D eigenvalue weighted by Crippen LogP contribution is 2.28. The van der Waals surface area contributed by atoms with Crippen molar-refractivity contribution in [3.63, 3.8) is 0 Å². The van der Waals surface area contributed by atoms with Crippen LogP contribution in [0.2, 0.25) is 0 Å². The molecular weight excluding hydrogens is 306 g/mol. The number of hydrogen-bond donors (Lipinski definition) is 1. The molecular formula is C10H12BrN3O4. The molecule has 0 saturated carbocycles. The number of morpholine rings is 1. The average Bonchev–Trinajstić information content (AvgIpc) is 2.38. The lowest BCUT2D eigenvalue weighted by Gasteiger charge is -2.33. The number of anilines is 1. The Labute approximate surface area is 112 Å². The van der Waals surface area contributed by atoms with Gasteiger partial charge in [-0.1, -0.05) is 0 Å². The van der Waals surface area contributed by atoms with E-state index in [1.165, 1.54) is 12.3 Å². The largest absolute Gasteiger partial charge is 0.394 e. The summed E-state index contributed by atoms with van der Waals surface area (Å²) in [6.07, 6.45) is 0.978. The second-order valence-corrected chi connectivity index (χ2v) is 4.73. The summed E-state index contributed by atoms with van der Waals surface area (Å²) in [7, 11) is 0. The van der Waals surface area contributed by atoms with Crippen molar-refractivity contribution in [3.05, 3.63) is 26.9 Å². The first kappa shape index (κ1) is 13.2. The molecule has 0 aromatic carbocycles. The molecule has 1 aromatic rings. The summed E-state index contributed by atoms with van der Waals surface area (Å²) in [6.45, 7) is 1.59. The normalized spacial score (nSPS) is 19.9. The van der Waals surface area contributed by atoms with Crippen LogP contribution in [0, 0.1) is 10.1 Å². The van der Waals surface area contributed by atoms with E-state index in [0.29, 0.717) is 30.0 Å². The van der Waals surface area contributed by atoms with E-state index in [1.54, 1.807) is 0 Å². The summed E-state index contributed by atoms with van der Waals surface area (Å²) >= 11 is 3.28. The van der Waals surface area contributed by atoms with Gasteiger partial charge < -0.3 is 14.7 Å². The van der Waals surface area contributed by atoms with Gasteiger partial charge in [-0.05, 0) is 15.9 Å². The van der Waals surface area contributed by atoms with Crippen molar-refractivity contribution in [2.45, 2.75) is 6.10 Å². The Bertz CT molecular complexity index is 457. The van der Waals surface area contributed by atoms with Gasteiger partial charge >= 0.3 is 0 Å². The number of pyridine rings is 1. The highest BCUT2D eigenvalue weighted by molar-refractivity contribution is 9.10. The maximum atomic E-state index is 10.6. The molecule has 1 aliphatic heterocycles. The second-order valence-electron chi connectivity index (χ2n) is 3.88. The first-order valence-electron chi connectivity index (χ1n) is 5.39. The molecule has 7 nitrogen and oxygen atoms in total. The molecule has 0 spiro atoms. The second kappa shape index (κ2) is 5.59. The fraction of sp³-hybridized carbons (Fsp3) is 0.500. The molecule has 2 heterocycles. The Hall–Kier alpha value is -1.25. The van der Waals surface area contributed by atoms with Crippen LogP contribution in [0.5, 0.6) is 0 Å². The van der Waals surface area contributed by atoms with Gasteiger partial charge in [-0.25, -0.2) is 4.98 Å². The van der Waals surface area contributed by atoms with Crippen molar-refractivity contribution < 1.29 is 14.8 Å². The van der Waals surface area contributed by atoms with Crippen LogP contribution in [0.1, 0.15) is 0 Å². The first-order valence-corrected chi connectivity index (χ1v) is 6.18. The molecule has 1 unspecified atom stereocenters. The van der Waals surface area contributed by atoms with Crippen molar-refractivity contribution in [1.82, 2.24) is 4.98 Å². The predicted molar refractivity (Wildman–Crippen MR) is 67.6 cm³/mol. The molecule has 98 valence electrons. The van der Waals surface area contributed by atoms with Gasteiger partial charge in [-0.3, -0.25) is 10.1 Å². The number of rotatable bonds is 3. The SMILES string of the molecule is O=[N+]([O-])c1cnc(N2CCOC(CO)C2)c(Br)c1. The van der Waals surface area contributed by atoms with E-state index in [4.69, 9.17) is 9.84 Å². The monoisotopic (exact) mass is 317 g/mol. The molecule has 0 radical (unpaired) electrons. The molecule has 18 heavy (non-hydrogen) atoms. The van der Waals surface area contributed by atoms with Gasteiger partial charge in [0, 0.05) is 19.2 Å². The zero-order valence-electron chi connectivity index (χ0n) is 9.45. The van der Waals surface area contributed by atoms with E-state index in [0.717, 1.165) is 0 Å². The molecule has 1 aromatic heterocycles. The van der Waals surface area contributed by atoms with Crippen LogP contribution in [0.25, 0.3) is 0 Å². The fourth-order valence-electron chi connectivity index (χ4n) is 1.78. The van der Waals surface area contributed by atoms with E-state index >= 15 is 0 Å². The van der Waals surface area contributed by atoms with E-state index < -0.39 is 4.92 Å². The van der Waals surface area contributed by atoms with Crippen molar-refractivity contribution in [3.8, 4) is 0 Å². The maximum Gasteiger partial charge on any atom is 0.288 e. The molecule has 1 aliphatic rings. The van der Waals surface area contributed by atoms with Crippen molar-refractivity contribution in [2.75, 3.05) is 31.2 Å². The number of aromatic nitrogens is 1. The third-order valence-corrected chi connectivity index (χ3v) is 3.24. The maximum absolute atomic E-state index is 10.6. The van der Waals surface area contributed by atoms with Crippen LogP contribution in [-0.4, -0.2) is 47.4 Å². The van der Waals surface area contributed by atoms with Crippen LogP contribution in [0.4, 0.5) is 11.5 Å². The Morgan fingerprint density at radius 2 is 2.50 bits per heavy atom. The number of hydrogen-bond acceptors (Lipinski definition) is 6. The summed E-state index contributed by atoms with van der Waals surface area (Å²) in [5.74, 6) is 0.627. The van der Waals surface area contributed by atoms with E-state index in [1.807, 2.05) is 4.90 Å². The van der Waals surface area contributed by atoms with Crippen molar-refractivity contribution >= 4 is 27.4 Å². The Morgan fingerprint density at radius 1 is 1.72 bits per heavy atom. The Balaban J connectivity index is 2.20. The van der Waals surface area contributed by atoms with Crippen molar-refractivity contribution in [2.24, 2.45) is 0 Å². The van der Waals surface area contributed by atoms with E-state index in [2.05, 4.69) is 20.9 Å². The summed E-state index contributed by atoms with van der Waals surface area (Å²) in [6, 6.07) is 1.42. The van der Waals surface area contributed by atoms with Gasteiger partial charge in [0.05, 0.1) is 28.7 Å². The summed E-state index contributed by atoms with van der Waals surface area (Å²) < 4.78 is 5.90. The quantitative estimate of drug-likeness (QED) is 0.659. The van der Waals surface area contributed by atoms with Crippen LogP contribution in [-0.2, 0) is 4.74 Å². The highest BCUT2D eigenvalue weighted by atomic mass is 79.9. The van der Waals surface area contributed by atoms with Crippen LogP contribution < -0.4 is 4.90 Å². The topological polar surface area (TPSA) is 88.7 Å². The van der Waals surface area contributed by atoms with Gasteiger partial charge in [0.1, 0.15) is 12.0 Å². The zero-order valence-corrected chi connectivity index (χ0v) is 11.0. The third kappa shape index (κ3) is 2.77. The first-order chi connectivity index (χ1) is 8.61. The number of halogens is 1. The summed E-state index contributed by atoms with van der Waals surface area (Å²) in [4.78, 5) is 16.1. The Morgan fingerprint density at radius 3 is 3.11 bits per heavy atom. The van der Waals surface area contributed by atoms with Gasteiger partial charge in [-0.15, -0.1) is 0 Å². The van der Waals surface area contributed by atoms with Crippen LogP contribution in [0.3, 0.4) is 0 Å². The van der Waals surface area contributed by atoms with Gasteiger partial charge in [0.25, 0.3) is 5.69 Å². The molecule has 8 heteroatoms. The van der Waals surface area contributed by atoms with Gasteiger partial charge in [0.2, 0.25) is 0 Å². The number of ether oxygens (including phenoxy) is 1. The smallest absolute Gasteiger partial charge is 0.288 e. The number of aliphatic hydroxyl groups excluding tert-OH is 1. The minimum atomic E-state index is -0.489. The molecule has 0 aliphatic carbocycles. The van der Waals surface area contributed by atoms with Crippen LogP contribution >= 0.6 is 15.9 Å². The number of aliphatic hydroxyl groups is 1. The minimum Gasteiger partial charge on any atom is -0.394 e. The highest BCUT2D eigenvalue weighted by Gasteiger charge is 2.23. The van der Waals surface area contributed by atoms with Gasteiger partial charge in [-0.2, -0.15) is 0 Å². The molecule has 0 amide bonds. The van der Waals surface area contributed by atoms with E-state index in [9.17, 15) is 10.1 Å². The lowest BCUT2D eigenvalue weighted by atomic mass is 10.2. The lowest BCUT2D eigenvalue weighted by Crippen LogP contribution is -2.44. The standard InChI is InChI=1S/C10H12BrN3O4/c11-9-3-7(14(16)17)4-12-10(9)13-1-2-18-8(5-13)6-15/h3-4,8,15H,1-2,5-6H2. The lowest BCUT2D eigenvalue weighted by molar-refractivity contribution is -0.385. The third-order valence-electron chi connectivity index (χ3n) is 2.66. The number of nitrogens with zero attached hydrogens (tertiary/aromatic N) is 3. The zero-order chi connectivity index (χ0) is 13.1. The number of nitro groups is 1. The fourth-order valence-corrected chi connectivity index (χ4v) is 2.36. The molecule has 1 atom stereocenters. The molecule has 0 bridgehead atoms. The average molecular weight is 318 g/mol. The van der Waals surface area contributed by atoms with Gasteiger partial charge in [0.15, 0.2) is 0 Å². The summed E-state index contributed by atoms with van der Waals surface area (Å²) in [5.41, 5.74) is -0.0578. The predicted octanol–water partition coefficient (Wildman–Crippen LogP) is 0.950. The molecule has 1 N–H and O–H groups in total. The van der Waals surface area contributed by atoms with E-state index in [-0.39, 0.29) is 18.4 Å². The molecule has 1 fully saturated rings. The molecule has 2 rings (SSSR count). The van der Waals surface area contributed by atoms with Crippen LogP contribution in [0.15, 0.2) is 16.7 Å².